The van der Waals surface area contributed by atoms with Crippen molar-refractivity contribution < 1.29 is 5.11 Å². The summed E-state index contributed by atoms with van der Waals surface area (Å²) in [6.07, 6.45) is 24.3. The van der Waals surface area contributed by atoms with Crippen molar-refractivity contribution in [3.63, 3.8) is 0 Å². The first kappa shape index (κ1) is 27.8. The Morgan fingerprint density at radius 1 is 0.694 bits per heavy atom. The van der Waals surface area contributed by atoms with E-state index < -0.39 is 0 Å². The zero-order valence-corrected chi connectivity index (χ0v) is 22.3. The van der Waals surface area contributed by atoms with Gasteiger partial charge in [0.05, 0.1) is 11.2 Å². The van der Waals surface area contributed by atoms with Crippen LogP contribution in [-0.4, -0.2) is 9.67 Å². The minimum Gasteiger partial charge on any atom is -0.503 e. The molecule has 194 valence electrons. The molecule has 0 amide bonds. The number of hydrogen-bond acceptors (Lipinski definition) is 2. The van der Waals surface area contributed by atoms with Gasteiger partial charge in [0.25, 0.3) is 0 Å². The summed E-state index contributed by atoms with van der Waals surface area (Å²) in [5.41, 5.74) is 1.88. The molecule has 0 aliphatic rings. The molecule has 3 heteroatoms. The highest BCUT2D eigenvalue weighted by atomic mass is 16.3. The molecule has 0 radical (unpaired) electrons. The molecule has 3 rings (SSSR count). The zero-order chi connectivity index (χ0) is 25.4. The Labute approximate surface area is 217 Å². The van der Waals surface area contributed by atoms with E-state index in [9.17, 15) is 9.90 Å². The van der Waals surface area contributed by atoms with Crippen molar-refractivity contribution >= 4 is 17.1 Å². The van der Waals surface area contributed by atoms with Crippen LogP contribution in [0.1, 0.15) is 103 Å². The van der Waals surface area contributed by atoms with E-state index in [-0.39, 0.29) is 11.2 Å². The number of allylic oxidation sites excluding steroid dienone is 1. The molecule has 0 saturated heterocycles. The number of nitrogens with zero attached hydrogens (tertiary/aromatic N) is 1. The maximum absolute atomic E-state index is 12.8. The van der Waals surface area contributed by atoms with Gasteiger partial charge in [-0.25, -0.2) is 0 Å². The number of rotatable bonds is 17. The van der Waals surface area contributed by atoms with Crippen molar-refractivity contribution in [3.8, 4) is 17.0 Å². The highest BCUT2D eigenvalue weighted by Crippen LogP contribution is 2.30. The Balaban J connectivity index is 1.44. The second-order valence-electron chi connectivity index (χ2n) is 10.0. The molecular formula is C33H45NO2. The molecule has 3 nitrogen and oxygen atoms in total. The lowest BCUT2D eigenvalue weighted by Crippen LogP contribution is -2.09. The number of aromatic nitrogens is 1. The Morgan fingerprint density at radius 2 is 1.22 bits per heavy atom. The normalized spacial score (nSPS) is 11.6. The minimum absolute atomic E-state index is 0.193. The number of hydrogen-bond donors (Lipinski definition) is 1. The summed E-state index contributed by atoms with van der Waals surface area (Å²) in [7, 11) is 0. The molecule has 1 aromatic heterocycles. The zero-order valence-electron chi connectivity index (χ0n) is 22.3. The van der Waals surface area contributed by atoms with Gasteiger partial charge in [-0.05, 0) is 25.0 Å². The second kappa shape index (κ2) is 16.0. The third kappa shape index (κ3) is 8.40. The van der Waals surface area contributed by atoms with Crippen LogP contribution in [0.5, 0.6) is 5.75 Å². The van der Waals surface area contributed by atoms with E-state index in [2.05, 4.69) is 13.0 Å². The summed E-state index contributed by atoms with van der Waals surface area (Å²) >= 11 is 0. The summed E-state index contributed by atoms with van der Waals surface area (Å²) < 4.78 is 1.96. The van der Waals surface area contributed by atoms with Crippen molar-refractivity contribution in [1.82, 2.24) is 4.57 Å². The first-order chi connectivity index (χ1) is 17.7. The van der Waals surface area contributed by atoms with E-state index in [4.69, 9.17) is 0 Å². The van der Waals surface area contributed by atoms with Crippen LogP contribution in [0.2, 0.25) is 0 Å². The lowest BCUT2D eigenvalue weighted by molar-refractivity contribution is 0.470. The molecule has 1 heterocycles. The fraction of sp³-hybridized carbons (Fsp3) is 0.485. The van der Waals surface area contributed by atoms with Crippen LogP contribution in [0.3, 0.4) is 0 Å². The molecule has 0 unspecified atom stereocenters. The van der Waals surface area contributed by atoms with Crippen LogP contribution in [0, 0.1) is 0 Å². The van der Waals surface area contributed by atoms with Crippen LogP contribution in [-0.2, 0) is 0 Å². The molecule has 3 aromatic rings. The number of unbranched alkanes of at least 4 members (excludes halogenated alkanes) is 14. The Kier molecular flexibility index (Phi) is 12.4. The molecule has 0 saturated carbocycles. The van der Waals surface area contributed by atoms with Crippen molar-refractivity contribution in [2.45, 2.75) is 103 Å². The van der Waals surface area contributed by atoms with Crippen LogP contribution >= 0.6 is 0 Å². The van der Waals surface area contributed by atoms with Gasteiger partial charge in [-0.15, -0.1) is 0 Å². The van der Waals surface area contributed by atoms with E-state index in [0.29, 0.717) is 11.1 Å². The first-order valence-corrected chi connectivity index (χ1v) is 14.3. The summed E-state index contributed by atoms with van der Waals surface area (Å²) in [5, 5.41) is 11.3. The largest absolute Gasteiger partial charge is 0.503 e. The number of aromatic hydroxyl groups is 1. The van der Waals surface area contributed by atoms with Gasteiger partial charge in [-0.3, -0.25) is 4.79 Å². The smallest absolute Gasteiger partial charge is 0.231 e. The van der Waals surface area contributed by atoms with Gasteiger partial charge in [-0.2, -0.15) is 0 Å². The first-order valence-electron chi connectivity index (χ1n) is 14.3. The number of pyridine rings is 1. The number of para-hydroxylation sites is 1. The van der Waals surface area contributed by atoms with Crippen molar-refractivity contribution in [3.05, 3.63) is 70.9 Å². The predicted molar refractivity (Wildman–Crippen MR) is 156 cm³/mol. The van der Waals surface area contributed by atoms with E-state index in [1.165, 1.54) is 89.9 Å². The van der Waals surface area contributed by atoms with Gasteiger partial charge in [-0.1, -0.05) is 139 Å². The Bertz CT molecular complexity index is 1110. The summed E-state index contributed by atoms with van der Waals surface area (Å²) in [6, 6.07) is 17.2. The Morgan fingerprint density at radius 3 is 1.83 bits per heavy atom. The Hall–Kier alpha value is -2.81. The molecule has 1 N–H and O–H groups in total. The minimum atomic E-state index is -0.318. The van der Waals surface area contributed by atoms with Gasteiger partial charge in [0.1, 0.15) is 0 Å². The van der Waals surface area contributed by atoms with E-state index >= 15 is 0 Å². The maximum Gasteiger partial charge on any atom is 0.231 e. The van der Waals surface area contributed by atoms with Crippen LogP contribution in [0.4, 0.5) is 0 Å². The van der Waals surface area contributed by atoms with Crippen molar-refractivity contribution in [2.75, 3.05) is 0 Å². The maximum atomic E-state index is 12.8. The lowest BCUT2D eigenvalue weighted by atomic mass is 10.0. The van der Waals surface area contributed by atoms with Crippen LogP contribution < -0.4 is 5.43 Å². The monoisotopic (exact) mass is 487 g/mol. The quantitative estimate of drug-likeness (QED) is 0.193. The third-order valence-corrected chi connectivity index (χ3v) is 7.11. The van der Waals surface area contributed by atoms with Crippen LogP contribution in [0.15, 0.2) is 65.5 Å². The van der Waals surface area contributed by atoms with E-state index in [1.807, 2.05) is 59.3 Å². The van der Waals surface area contributed by atoms with Gasteiger partial charge in [0, 0.05) is 17.1 Å². The summed E-state index contributed by atoms with van der Waals surface area (Å²) in [6.45, 7) is 2.28. The van der Waals surface area contributed by atoms with Crippen molar-refractivity contribution in [1.29, 1.82) is 0 Å². The van der Waals surface area contributed by atoms with Gasteiger partial charge < -0.3 is 9.67 Å². The van der Waals surface area contributed by atoms with Gasteiger partial charge >= 0.3 is 0 Å². The van der Waals surface area contributed by atoms with E-state index in [1.54, 1.807) is 6.07 Å². The standard InChI is InChI=1S/C33H45NO2/c1-2-3-4-5-6-7-8-9-10-11-12-13-14-15-16-22-27-34-30-26-21-20-25-29(30)32(35)33(36)31(34)28-23-18-17-19-24-28/h17-27,36H,2-16H2,1H3. The summed E-state index contributed by atoms with van der Waals surface area (Å²) in [4.78, 5) is 12.8. The molecule has 0 atom stereocenters. The average Bonchev–Trinajstić information content (AvgIpc) is 2.91. The van der Waals surface area contributed by atoms with Gasteiger partial charge in [0.2, 0.25) is 5.43 Å². The third-order valence-electron chi connectivity index (χ3n) is 7.11. The molecule has 0 bridgehead atoms. The highest BCUT2D eigenvalue weighted by Gasteiger charge is 2.16. The lowest BCUT2D eigenvalue weighted by Gasteiger charge is -2.15. The summed E-state index contributed by atoms with van der Waals surface area (Å²) in [5.74, 6) is -0.193. The highest BCUT2D eigenvalue weighted by molar-refractivity contribution is 5.87. The molecule has 36 heavy (non-hydrogen) atoms. The number of fused-ring (bicyclic) bond motifs is 1. The topological polar surface area (TPSA) is 42.2 Å². The van der Waals surface area contributed by atoms with E-state index in [0.717, 1.165) is 17.5 Å². The molecule has 0 fully saturated rings. The van der Waals surface area contributed by atoms with Gasteiger partial charge in [0.15, 0.2) is 5.75 Å². The molecule has 0 spiro atoms. The predicted octanol–water partition coefficient (Wildman–Crippen LogP) is 9.72. The average molecular weight is 488 g/mol. The molecule has 0 aliphatic heterocycles. The molecular weight excluding hydrogens is 442 g/mol. The number of benzene rings is 2. The fourth-order valence-electron chi connectivity index (χ4n) is 5.01. The SMILES string of the molecule is CCCCCCCCCCCCCCCCC=Cn1c(-c2ccccc2)c(O)c(=O)c2ccccc21. The fourth-order valence-corrected chi connectivity index (χ4v) is 5.01. The second-order valence-corrected chi connectivity index (χ2v) is 10.0. The molecule has 0 aliphatic carbocycles. The molecule has 2 aromatic carbocycles. The van der Waals surface area contributed by atoms with Crippen LogP contribution in [0.25, 0.3) is 28.4 Å². The van der Waals surface area contributed by atoms with Crippen molar-refractivity contribution in [2.24, 2.45) is 0 Å².